The van der Waals surface area contributed by atoms with E-state index in [1.807, 2.05) is 42.5 Å². The lowest BCUT2D eigenvalue weighted by Gasteiger charge is -2.42. The van der Waals surface area contributed by atoms with Crippen molar-refractivity contribution in [2.45, 2.75) is 56.7 Å². The summed E-state index contributed by atoms with van der Waals surface area (Å²) < 4.78 is 58.6. The number of ether oxygens (including phenoxy) is 5. The number of para-hydroxylation sites is 2. The van der Waals surface area contributed by atoms with Crippen LogP contribution in [0.3, 0.4) is 0 Å². The van der Waals surface area contributed by atoms with Crippen LogP contribution in [0.5, 0.6) is 11.5 Å². The summed E-state index contributed by atoms with van der Waals surface area (Å²) in [5.41, 5.74) is 1.20. The van der Waals surface area contributed by atoms with Gasteiger partial charge in [0.2, 0.25) is 5.85 Å². The zero-order valence-electron chi connectivity index (χ0n) is 24.3. The molecule has 6 rings (SSSR count). The molecule has 0 spiro atoms. The highest BCUT2D eigenvalue weighted by Crippen LogP contribution is 2.59. The van der Waals surface area contributed by atoms with Crippen molar-refractivity contribution < 1.29 is 42.1 Å². The summed E-state index contributed by atoms with van der Waals surface area (Å²) in [6, 6.07) is 35.4. The van der Waals surface area contributed by atoms with Crippen LogP contribution in [0.2, 0.25) is 0 Å². The highest BCUT2D eigenvalue weighted by molar-refractivity contribution is 7.55. The van der Waals surface area contributed by atoms with Crippen molar-refractivity contribution in [1.82, 2.24) is 0 Å². The van der Waals surface area contributed by atoms with Gasteiger partial charge in [-0.1, -0.05) is 84.9 Å². The normalized spacial score (nSPS) is 24.2. The average Bonchev–Trinajstić information content (AvgIpc) is 3.37. The molecule has 44 heavy (non-hydrogen) atoms. The van der Waals surface area contributed by atoms with E-state index in [1.165, 1.54) is 0 Å². The van der Waals surface area contributed by atoms with Gasteiger partial charge >= 0.3 is 13.6 Å². The van der Waals surface area contributed by atoms with Crippen LogP contribution < -0.4 is 9.05 Å². The molecule has 2 aliphatic heterocycles. The van der Waals surface area contributed by atoms with Crippen LogP contribution in [0.1, 0.15) is 29.8 Å². The number of hydrogen-bond acceptors (Lipinski definition) is 9. The summed E-state index contributed by atoms with van der Waals surface area (Å²) in [7, 11) is -4.26. The number of esters is 1. The molecule has 0 amide bonds. The Morgan fingerprint density at radius 1 is 0.727 bits per heavy atom. The predicted molar refractivity (Wildman–Crippen MR) is 161 cm³/mol. The number of carbonyl (C=O) groups is 1. The smallest absolute Gasteiger partial charge is 0.450 e. The quantitative estimate of drug-likeness (QED) is 0.138. The van der Waals surface area contributed by atoms with Crippen molar-refractivity contribution in [2.75, 3.05) is 0 Å². The Morgan fingerprint density at radius 3 is 1.80 bits per heavy atom. The third-order valence-corrected chi connectivity index (χ3v) is 9.05. The van der Waals surface area contributed by atoms with Crippen molar-refractivity contribution in [2.24, 2.45) is 0 Å². The minimum Gasteiger partial charge on any atom is -0.450 e. The Kier molecular flexibility index (Phi) is 8.84. The lowest BCUT2D eigenvalue weighted by molar-refractivity contribution is -0.266. The summed E-state index contributed by atoms with van der Waals surface area (Å²) in [6.07, 6.45) is -4.27. The molecule has 10 heteroatoms. The fraction of sp³-hybridized carbons (Fsp3) is 0.265. The van der Waals surface area contributed by atoms with Crippen molar-refractivity contribution >= 4 is 13.6 Å². The minimum absolute atomic E-state index is 0.114. The molecule has 2 heterocycles. The molecule has 0 aromatic heterocycles. The van der Waals surface area contributed by atoms with Gasteiger partial charge in [0.05, 0.1) is 12.2 Å². The SMILES string of the molecule is CC1(C)O[C@H]2[C@@H](O1)[C@@H](P(=O)(Oc1ccccc1)Oc1ccccc1)O[C@@H](OCc1ccccc1)[C@@H]2OC(=O)c1ccccc1. The fourth-order valence-electron chi connectivity index (χ4n) is 5.15. The summed E-state index contributed by atoms with van der Waals surface area (Å²) in [6.45, 7) is 3.56. The number of hydrogen-bond donors (Lipinski definition) is 0. The van der Waals surface area contributed by atoms with Crippen LogP contribution in [0.4, 0.5) is 0 Å². The first-order valence-corrected chi connectivity index (χ1v) is 15.9. The fourth-order valence-corrected chi connectivity index (χ4v) is 7.08. The van der Waals surface area contributed by atoms with Gasteiger partial charge in [-0.3, -0.25) is 0 Å². The molecule has 2 fully saturated rings. The highest BCUT2D eigenvalue weighted by atomic mass is 31.2. The van der Waals surface area contributed by atoms with E-state index < -0.39 is 49.8 Å². The van der Waals surface area contributed by atoms with Crippen LogP contribution in [0.25, 0.3) is 0 Å². The van der Waals surface area contributed by atoms with Gasteiger partial charge in [0.15, 0.2) is 18.2 Å². The van der Waals surface area contributed by atoms with Crippen LogP contribution >= 0.6 is 7.60 Å². The Hall–Kier alpha value is -3.98. The Morgan fingerprint density at radius 2 is 1.23 bits per heavy atom. The standard InChI is InChI=1S/C34H33O9P/c1-34(2)40-28-29(38-31(35)25-17-9-4-10-18-25)32(37-23-24-15-7-3-8-16-24)39-33(30(28)41-34)44(36,42-26-19-11-5-12-20-26)43-27-21-13-6-14-22-27/h3-22,28-30,32-33H,23H2,1-2H3/t28-,29-,30-,32-,33-/m1/s1. The Bertz CT molecular complexity index is 1520. The van der Waals surface area contributed by atoms with Crippen molar-refractivity contribution in [3.8, 4) is 11.5 Å². The van der Waals surface area contributed by atoms with Gasteiger partial charge < -0.3 is 32.7 Å². The van der Waals surface area contributed by atoms with E-state index in [0.717, 1.165) is 5.56 Å². The van der Waals surface area contributed by atoms with E-state index in [2.05, 4.69) is 0 Å². The molecule has 5 atom stereocenters. The molecule has 2 saturated heterocycles. The first-order chi connectivity index (χ1) is 21.3. The second-order valence-electron chi connectivity index (χ2n) is 10.8. The summed E-state index contributed by atoms with van der Waals surface area (Å²) in [5, 5.41) is 0. The summed E-state index contributed by atoms with van der Waals surface area (Å²) in [4.78, 5) is 13.3. The van der Waals surface area contributed by atoms with Gasteiger partial charge in [-0.05, 0) is 55.8 Å². The maximum absolute atomic E-state index is 15.0. The summed E-state index contributed by atoms with van der Waals surface area (Å²) in [5.74, 6) is -2.45. The molecule has 0 bridgehead atoms. The molecular weight excluding hydrogens is 583 g/mol. The van der Waals surface area contributed by atoms with E-state index >= 15 is 0 Å². The predicted octanol–water partition coefficient (Wildman–Crippen LogP) is 6.98. The number of benzene rings is 4. The van der Waals surface area contributed by atoms with Gasteiger partial charge in [-0.2, -0.15) is 0 Å². The minimum atomic E-state index is -4.26. The third-order valence-electron chi connectivity index (χ3n) is 7.08. The zero-order chi connectivity index (χ0) is 30.6. The van der Waals surface area contributed by atoms with Crippen LogP contribution in [-0.4, -0.2) is 42.2 Å². The van der Waals surface area contributed by atoms with Gasteiger partial charge in [-0.25, -0.2) is 9.36 Å². The first-order valence-electron chi connectivity index (χ1n) is 14.3. The maximum Gasteiger partial charge on any atom is 0.462 e. The molecule has 0 N–H and O–H groups in total. The molecule has 2 aliphatic rings. The molecule has 9 nitrogen and oxygen atoms in total. The maximum atomic E-state index is 15.0. The molecule has 0 radical (unpaired) electrons. The second-order valence-corrected chi connectivity index (χ2v) is 12.8. The Labute approximate surface area is 256 Å². The van der Waals surface area contributed by atoms with Gasteiger partial charge in [0.1, 0.15) is 23.7 Å². The molecular formula is C34H33O9P. The third kappa shape index (κ3) is 6.88. The molecule has 228 valence electrons. The van der Waals surface area contributed by atoms with Crippen LogP contribution in [0, 0.1) is 0 Å². The lowest BCUT2D eigenvalue weighted by atomic mass is 10.0. The van der Waals surface area contributed by atoms with E-state index in [-0.39, 0.29) is 6.61 Å². The average molecular weight is 617 g/mol. The summed E-state index contributed by atoms with van der Waals surface area (Å²) >= 11 is 0. The topological polar surface area (TPSA) is 98.8 Å². The molecule has 0 unspecified atom stereocenters. The van der Waals surface area contributed by atoms with E-state index in [0.29, 0.717) is 17.1 Å². The lowest BCUT2D eigenvalue weighted by Crippen LogP contribution is -2.58. The first kappa shape index (κ1) is 30.1. The van der Waals surface area contributed by atoms with E-state index in [9.17, 15) is 9.36 Å². The van der Waals surface area contributed by atoms with Crippen molar-refractivity contribution in [1.29, 1.82) is 0 Å². The van der Waals surface area contributed by atoms with Crippen LogP contribution in [-0.2, 0) is 34.9 Å². The van der Waals surface area contributed by atoms with Gasteiger partial charge in [-0.15, -0.1) is 0 Å². The van der Waals surface area contributed by atoms with E-state index in [1.54, 1.807) is 92.7 Å². The number of fused-ring (bicyclic) bond motifs is 1. The van der Waals surface area contributed by atoms with E-state index in [4.69, 9.17) is 32.7 Å². The largest absolute Gasteiger partial charge is 0.462 e. The van der Waals surface area contributed by atoms with Crippen LogP contribution in [0.15, 0.2) is 121 Å². The molecule has 4 aromatic carbocycles. The van der Waals surface area contributed by atoms with Gasteiger partial charge in [0, 0.05) is 0 Å². The van der Waals surface area contributed by atoms with Gasteiger partial charge in [0.25, 0.3) is 0 Å². The number of carbonyl (C=O) groups excluding carboxylic acids is 1. The molecule has 0 aliphatic carbocycles. The molecule has 4 aromatic rings. The zero-order valence-corrected chi connectivity index (χ0v) is 25.2. The second kappa shape index (κ2) is 12.9. The Balaban J connectivity index is 1.38. The highest BCUT2D eigenvalue weighted by Gasteiger charge is 2.64. The van der Waals surface area contributed by atoms with Crippen molar-refractivity contribution in [3.63, 3.8) is 0 Å². The monoisotopic (exact) mass is 616 g/mol. The number of rotatable bonds is 10. The van der Waals surface area contributed by atoms with Crippen molar-refractivity contribution in [3.05, 3.63) is 132 Å². The molecule has 0 saturated carbocycles.